The van der Waals surface area contributed by atoms with Crippen molar-refractivity contribution in [2.75, 3.05) is 7.11 Å². The SMILES string of the molecule is COC(=O)[C@H]1CC[C@H]2[C@@H]3CC[C@H]4C[C@H](O)[C@@H](Br)C[C@]4(C)[C@H]3C(=O)C[C@]12C. The van der Waals surface area contributed by atoms with Gasteiger partial charge in [-0.05, 0) is 67.1 Å². The third-order valence-electron chi connectivity index (χ3n) is 8.81. The molecule has 0 bridgehead atoms. The van der Waals surface area contributed by atoms with Crippen LogP contribution in [0.5, 0.6) is 0 Å². The number of carbonyl (C=O) groups excluding carboxylic acids is 2. The highest BCUT2D eigenvalue weighted by atomic mass is 79.9. The van der Waals surface area contributed by atoms with Gasteiger partial charge in [0.05, 0.1) is 19.1 Å². The van der Waals surface area contributed by atoms with Gasteiger partial charge in [-0.3, -0.25) is 9.59 Å². The highest BCUT2D eigenvalue weighted by Gasteiger charge is 2.64. The van der Waals surface area contributed by atoms with Gasteiger partial charge in [-0.1, -0.05) is 29.8 Å². The lowest BCUT2D eigenvalue weighted by atomic mass is 9.44. The molecular formula is C21H31BrO4. The lowest BCUT2D eigenvalue weighted by Crippen LogP contribution is -2.59. The van der Waals surface area contributed by atoms with Crippen LogP contribution in [-0.2, 0) is 14.3 Å². The molecule has 0 saturated heterocycles. The number of carbonyl (C=O) groups is 2. The fraction of sp³-hybridized carbons (Fsp3) is 0.905. The first-order chi connectivity index (χ1) is 12.2. The Morgan fingerprint density at radius 1 is 1.19 bits per heavy atom. The van der Waals surface area contributed by atoms with E-state index in [0.717, 1.165) is 38.5 Å². The molecule has 0 aliphatic heterocycles. The van der Waals surface area contributed by atoms with Gasteiger partial charge in [0.15, 0.2) is 0 Å². The fourth-order valence-corrected chi connectivity index (χ4v) is 8.50. The van der Waals surface area contributed by atoms with Crippen molar-refractivity contribution in [2.24, 2.45) is 40.4 Å². The number of ether oxygens (including phenoxy) is 1. The Balaban J connectivity index is 1.67. The van der Waals surface area contributed by atoms with Crippen molar-refractivity contribution in [3.8, 4) is 0 Å². The second-order valence-electron chi connectivity index (χ2n) is 9.85. The summed E-state index contributed by atoms with van der Waals surface area (Å²) < 4.78 is 5.07. The minimum Gasteiger partial charge on any atom is -0.469 e. The van der Waals surface area contributed by atoms with Crippen molar-refractivity contribution in [1.29, 1.82) is 0 Å². The monoisotopic (exact) mass is 426 g/mol. The number of alkyl halides is 1. The molecule has 9 atom stereocenters. The second-order valence-corrected chi connectivity index (χ2v) is 11.0. The molecule has 146 valence electrons. The molecule has 4 fully saturated rings. The zero-order valence-electron chi connectivity index (χ0n) is 16.0. The number of halogens is 1. The van der Waals surface area contributed by atoms with E-state index in [2.05, 4.69) is 29.8 Å². The van der Waals surface area contributed by atoms with Gasteiger partial charge in [0.25, 0.3) is 0 Å². The predicted octanol–water partition coefficient (Wildman–Crippen LogP) is 3.73. The maximum Gasteiger partial charge on any atom is 0.309 e. The Labute approximate surface area is 164 Å². The van der Waals surface area contributed by atoms with E-state index in [0.29, 0.717) is 30.0 Å². The first-order valence-electron chi connectivity index (χ1n) is 10.1. The van der Waals surface area contributed by atoms with Crippen LogP contribution >= 0.6 is 15.9 Å². The van der Waals surface area contributed by atoms with Crippen LogP contribution in [0, 0.1) is 40.4 Å². The molecule has 4 rings (SSSR count). The molecule has 4 aliphatic carbocycles. The lowest BCUT2D eigenvalue weighted by Gasteiger charge is -2.60. The minimum atomic E-state index is -0.302. The summed E-state index contributed by atoms with van der Waals surface area (Å²) in [6, 6.07) is 0. The zero-order chi connectivity index (χ0) is 18.9. The first-order valence-corrected chi connectivity index (χ1v) is 11.1. The molecule has 4 nitrogen and oxygen atoms in total. The third kappa shape index (κ3) is 2.48. The summed E-state index contributed by atoms with van der Waals surface area (Å²) in [6.45, 7) is 4.45. The van der Waals surface area contributed by atoms with Crippen molar-refractivity contribution in [3.05, 3.63) is 0 Å². The lowest BCUT2D eigenvalue weighted by molar-refractivity contribution is -0.166. The van der Waals surface area contributed by atoms with Gasteiger partial charge in [0.1, 0.15) is 5.78 Å². The number of fused-ring (bicyclic) bond motifs is 5. The molecule has 0 aromatic carbocycles. The van der Waals surface area contributed by atoms with Crippen molar-refractivity contribution >= 4 is 27.7 Å². The molecule has 4 aliphatic rings. The van der Waals surface area contributed by atoms with E-state index < -0.39 is 0 Å². The van der Waals surface area contributed by atoms with E-state index in [-0.39, 0.29) is 39.6 Å². The van der Waals surface area contributed by atoms with Gasteiger partial charge in [-0.25, -0.2) is 0 Å². The molecule has 1 N–H and O–H groups in total. The smallest absolute Gasteiger partial charge is 0.309 e. The molecular weight excluding hydrogens is 396 g/mol. The highest BCUT2D eigenvalue weighted by molar-refractivity contribution is 9.09. The Hall–Kier alpha value is -0.420. The highest BCUT2D eigenvalue weighted by Crippen LogP contribution is 2.66. The Bertz CT molecular complexity index is 621. The van der Waals surface area contributed by atoms with E-state index in [4.69, 9.17) is 4.74 Å². The number of aliphatic hydroxyl groups is 1. The average molecular weight is 427 g/mol. The summed E-state index contributed by atoms with van der Waals surface area (Å²) in [5, 5.41) is 10.3. The van der Waals surface area contributed by atoms with Crippen molar-refractivity contribution in [1.82, 2.24) is 0 Å². The number of ketones is 1. The molecule has 0 aromatic rings. The van der Waals surface area contributed by atoms with Crippen molar-refractivity contribution in [2.45, 2.75) is 69.7 Å². The molecule has 0 aromatic heterocycles. The molecule has 26 heavy (non-hydrogen) atoms. The molecule has 5 heteroatoms. The number of hydrogen-bond donors (Lipinski definition) is 1. The van der Waals surface area contributed by atoms with Crippen LogP contribution in [0.1, 0.15) is 58.8 Å². The van der Waals surface area contributed by atoms with E-state index in [9.17, 15) is 14.7 Å². The number of aliphatic hydroxyl groups excluding tert-OH is 1. The topological polar surface area (TPSA) is 63.6 Å². The molecule has 0 amide bonds. The number of hydrogen-bond acceptors (Lipinski definition) is 4. The van der Waals surface area contributed by atoms with Crippen LogP contribution in [0.2, 0.25) is 0 Å². The van der Waals surface area contributed by atoms with Crippen LogP contribution in [-0.4, -0.2) is 34.9 Å². The number of methoxy groups -OCH3 is 1. The minimum absolute atomic E-state index is 0.0297. The summed E-state index contributed by atoms with van der Waals surface area (Å²) in [7, 11) is 1.46. The predicted molar refractivity (Wildman–Crippen MR) is 102 cm³/mol. The van der Waals surface area contributed by atoms with Gasteiger partial charge in [0.2, 0.25) is 0 Å². The maximum atomic E-state index is 13.5. The van der Waals surface area contributed by atoms with Crippen molar-refractivity contribution < 1.29 is 19.4 Å². The summed E-state index contributed by atoms with van der Waals surface area (Å²) in [5.74, 6) is 1.42. The summed E-state index contributed by atoms with van der Waals surface area (Å²) >= 11 is 3.67. The Kier molecular flexibility index (Phi) is 4.58. The summed E-state index contributed by atoms with van der Waals surface area (Å²) in [6.07, 6.45) is 5.92. The fourth-order valence-electron chi connectivity index (χ4n) is 7.59. The van der Waals surface area contributed by atoms with Crippen LogP contribution in [0.25, 0.3) is 0 Å². The number of esters is 1. The van der Waals surface area contributed by atoms with E-state index >= 15 is 0 Å². The van der Waals surface area contributed by atoms with E-state index in [1.807, 2.05) is 0 Å². The Morgan fingerprint density at radius 2 is 1.92 bits per heavy atom. The molecule has 0 radical (unpaired) electrons. The van der Waals surface area contributed by atoms with E-state index in [1.54, 1.807) is 0 Å². The molecule has 4 saturated carbocycles. The zero-order valence-corrected chi connectivity index (χ0v) is 17.6. The summed E-state index contributed by atoms with van der Waals surface area (Å²) in [4.78, 5) is 25.9. The van der Waals surface area contributed by atoms with Crippen LogP contribution in [0.4, 0.5) is 0 Å². The maximum absolute atomic E-state index is 13.5. The molecule has 0 spiro atoms. The van der Waals surface area contributed by atoms with Crippen LogP contribution in [0.15, 0.2) is 0 Å². The van der Waals surface area contributed by atoms with Gasteiger partial charge >= 0.3 is 5.97 Å². The molecule has 0 unspecified atom stereocenters. The average Bonchev–Trinajstić information content (AvgIpc) is 2.91. The summed E-state index contributed by atoms with van der Waals surface area (Å²) in [5.41, 5.74) is -0.269. The van der Waals surface area contributed by atoms with Crippen LogP contribution in [0.3, 0.4) is 0 Å². The third-order valence-corrected chi connectivity index (χ3v) is 9.75. The second kappa shape index (κ2) is 6.30. The molecule has 0 heterocycles. The van der Waals surface area contributed by atoms with Crippen LogP contribution < -0.4 is 0 Å². The van der Waals surface area contributed by atoms with Gasteiger partial charge < -0.3 is 9.84 Å². The number of rotatable bonds is 1. The van der Waals surface area contributed by atoms with Gasteiger partial charge in [-0.2, -0.15) is 0 Å². The standard InChI is InChI=1S/C21H31BrO4/c1-20-9-15(22)16(23)8-11(20)4-5-12-13-6-7-14(19(25)26-3)21(13,2)10-17(24)18(12)20/h11-16,18,23H,4-10H2,1-3H3/t11-,12-,13-,14+,15-,16-,18+,20-,21-/m0/s1. The quantitative estimate of drug-likeness (QED) is 0.512. The largest absolute Gasteiger partial charge is 0.469 e. The first kappa shape index (κ1) is 18.9. The van der Waals surface area contributed by atoms with Gasteiger partial charge in [0, 0.05) is 17.2 Å². The van der Waals surface area contributed by atoms with E-state index in [1.165, 1.54) is 7.11 Å². The van der Waals surface area contributed by atoms with Gasteiger partial charge in [-0.15, -0.1) is 0 Å². The number of Topliss-reactive ketones (excluding diaryl/α,β-unsaturated/α-hetero) is 1. The normalized spacial score (nSPS) is 53.4. The van der Waals surface area contributed by atoms with Crippen molar-refractivity contribution in [3.63, 3.8) is 0 Å². The Morgan fingerprint density at radius 3 is 2.62 bits per heavy atom.